The number of hydrogen-bond donors (Lipinski definition) is 1. The van der Waals surface area contributed by atoms with Gasteiger partial charge < -0.3 is 9.47 Å². The maximum atomic E-state index is 12.0. The number of rotatable bonds is 8. The summed E-state index contributed by atoms with van der Waals surface area (Å²) in [5.74, 6) is 0.707. The molecule has 0 unspecified atom stereocenters. The molecular formula is C22H19N3O5. The number of nitro benzene ring substituents is 1. The Balaban J connectivity index is 1.61. The Morgan fingerprint density at radius 2 is 1.80 bits per heavy atom. The number of hydrogen-bond acceptors (Lipinski definition) is 6. The van der Waals surface area contributed by atoms with Crippen molar-refractivity contribution in [1.82, 2.24) is 5.43 Å². The smallest absolute Gasteiger partial charge is 0.271 e. The van der Waals surface area contributed by atoms with Crippen LogP contribution in [0.5, 0.6) is 11.5 Å². The zero-order chi connectivity index (χ0) is 21.3. The Labute approximate surface area is 172 Å². The maximum absolute atomic E-state index is 12.0. The first-order valence-electron chi connectivity index (χ1n) is 8.99. The molecule has 0 aliphatic heterocycles. The number of methoxy groups -OCH3 is 1. The molecule has 0 saturated carbocycles. The fourth-order valence-electron chi connectivity index (χ4n) is 2.58. The number of carbonyl (C=O) groups excluding carboxylic acids is 1. The Bertz CT molecular complexity index is 1050. The monoisotopic (exact) mass is 405 g/mol. The normalized spacial score (nSPS) is 10.6. The molecule has 0 fully saturated rings. The Kier molecular flexibility index (Phi) is 6.73. The van der Waals surface area contributed by atoms with Gasteiger partial charge in [0.1, 0.15) is 6.61 Å². The van der Waals surface area contributed by atoms with Crippen LogP contribution in [0.25, 0.3) is 0 Å². The minimum absolute atomic E-state index is 0.0272. The summed E-state index contributed by atoms with van der Waals surface area (Å²) < 4.78 is 11.1. The highest BCUT2D eigenvalue weighted by atomic mass is 16.6. The molecule has 8 nitrogen and oxygen atoms in total. The van der Waals surface area contributed by atoms with Crippen molar-refractivity contribution in [2.24, 2.45) is 5.10 Å². The Morgan fingerprint density at radius 3 is 2.47 bits per heavy atom. The van der Waals surface area contributed by atoms with Crippen LogP contribution in [0.4, 0.5) is 5.69 Å². The van der Waals surface area contributed by atoms with Gasteiger partial charge in [-0.1, -0.05) is 18.2 Å². The summed E-state index contributed by atoms with van der Waals surface area (Å²) in [5.41, 5.74) is 4.51. The van der Waals surface area contributed by atoms with Gasteiger partial charge in [-0.25, -0.2) is 5.43 Å². The molecule has 0 aliphatic rings. The van der Waals surface area contributed by atoms with Crippen LogP contribution in [-0.2, 0) is 6.61 Å². The maximum Gasteiger partial charge on any atom is 0.271 e. The molecule has 0 aromatic heterocycles. The van der Waals surface area contributed by atoms with E-state index in [0.717, 1.165) is 5.56 Å². The molecule has 0 radical (unpaired) electrons. The standard InChI is InChI=1S/C22H19N3O5/c1-29-21-13-17(14-23-24-22(26)18-5-3-2-4-6-18)9-12-20(21)30-15-16-7-10-19(11-8-16)25(27)28/h2-14H,15H2,1H3,(H,24,26)/b23-14-. The molecular weight excluding hydrogens is 386 g/mol. The van der Waals surface area contributed by atoms with Crippen molar-refractivity contribution in [3.8, 4) is 11.5 Å². The summed E-state index contributed by atoms with van der Waals surface area (Å²) >= 11 is 0. The number of non-ortho nitro benzene ring substituents is 1. The third kappa shape index (κ3) is 5.41. The summed E-state index contributed by atoms with van der Waals surface area (Å²) in [6, 6.07) is 20.1. The van der Waals surface area contributed by atoms with Gasteiger partial charge in [0, 0.05) is 17.7 Å². The first-order chi connectivity index (χ1) is 14.6. The van der Waals surface area contributed by atoms with Crippen LogP contribution in [0.3, 0.4) is 0 Å². The molecule has 0 atom stereocenters. The summed E-state index contributed by atoms with van der Waals surface area (Å²) in [4.78, 5) is 22.3. The lowest BCUT2D eigenvalue weighted by Crippen LogP contribution is -2.17. The molecule has 152 valence electrons. The van der Waals surface area contributed by atoms with Crippen LogP contribution < -0.4 is 14.9 Å². The number of benzene rings is 3. The molecule has 1 N–H and O–H groups in total. The van der Waals surface area contributed by atoms with Gasteiger partial charge in [-0.2, -0.15) is 5.10 Å². The van der Waals surface area contributed by atoms with E-state index in [-0.39, 0.29) is 18.2 Å². The molecule has 0 bridgehead atoms. The van der Waals surface area contributed by atoms with Crippen molar-refractivity contribution in [2.45, 2.75) is 6.61 Å². The van der Waals surface area contributed by atoms with E-state index in [1.165, 1.54) is 25.5 Å². The largest absolute Gasteiger partial charge is 0.493 e. The van der Waals surface area contributed by atoms with Crippen LogP contribution in [0.2, 0.25) is 0 Å². The molecule has 0 saturated heterocycles. The lowest BCUT2D eigenvalue weighted by Gasteiger charge is -2.11. The third-order valence-corrected chi connectivity index (χ3v) is 4.14. The van der Waals surface area contributed by atoms with Crippen LogP contribution in [0, 0.1) is 10.1 Å². The second-order valence-corrected chi connectivity index (χ2v) is 6.19. The van der Waals surface area contributed by atoms with E-state index in [0.29, 0.717) is 22.6 Å². The van der Waals surface area contributed by atoms with Crippen LogP contribution in [0.1, 0.15) is 21.5 Å². The van der Waals surface area contributed by atoms with Gasteiger partial charge in [0.15, 0.2) is 11.5 Å². The number of hydrazone groups is 1. The second-order valence-electron chi connectivity index (χ2n) is 6.19. The molecule has 8 heteroatoms. The van der Waals surface area contributed by atoms with Gasteiger partial charge in [0.25, 0.3) is 11.6 Å². The third-order valence-electron chi connectivity index (χ3n) is 4.14. The van der Waals surface area contributed by atoms with Crippen molar-refractivity contribution < 1.29 is 19.2 Å². The molecule has 3 rings (SSSR count). The van der Waals surface area contributed by atoms with Gasteiger partial charge in [-0.15, -0.1) is 0 Å². The number of nitro groups is 1. The van der Waals surface area contributed by atoms with E-state index in [4.69, 9.17) is 9.47 Å². The second kappa shape index (κ2) is 9.83. The number of carbonyl (C=O) groups is 1. The number of ether oxygens (including phenoxy) is 2. The van der Waals surface area contributed by atoms with Crippen LogP contribution in [0.15, 0.2) is 77.9 Å². The highest BCUT2D eigenvalue weighted by molar-refractivity contribution is 5.94. The Hall–Kier alpha value is -4.20. The molecule has 3 aromatic carbocycles. The average molecular weight is 405 g/mol. The summed E-state index contributed by atoms with van der Waals surface area (Å²) in [6.45, 7) is 0.231. The molecule has 30 heavy (non-hydrogen) atoms. The number of nitrogens with one attached hydrogen (secondary N) is 1. The average Bonchev–Trinajstić information content (AvgIpc) is 2.78. The minimum atomic E-state index is -0.448. The van der Waals surface area contributed by atoms with E-state index in [1.807, 2.05) is 6.07 Å². The minimum Gasteiger partial charge on any atom is -0.493 e. The first-order valence-corrected chi connectivity index (χ1v) is 8.99. The molecule has 3 aromatic rings. The predicted molar refractivity (Wildman–Crippen MR) is 112 cm³/mol. The van der Waals surface area contributed by atoms with Gasteiger partial charge in [0.2, 0.25) is 0 Å². The van der Waals surface area contributed by atoms with Crippen molar-refractivity contribution in [1.29, 1.82) is 0 Å². The summed E-state index contributed by atoms with van der Waals surface area (Å²) in [6.07, 6.45) is 1.50. The quantitative estimate of drug-likeness (QED) is 0.347. The van der Waals surface area contributed by atoms with Crippen molar-refractivity contribution in [2.75, 3.05) is 7.11 Å². The SMILES string of the molecule is COc1cc(/C=N\NC(=O)c2ccccc2)ccc1OCc1ccc([N+](=O)[O-])cc1. The van der Waals surface area contributed by atoms with Gasteiger partial charge in [0.05, 0.1) is 18.2 Å². The molecule has 1 amide bonds. The highest BCUT2D eigenvalue weighted by Crippen LogP contribution is 2.28. The topological polar surface area (TPSA) is 103 Å². The zero-order valence-corrected chi connectivity index (χ0v) is 16.1. The van der Waals surface area contributed by atoms with E-state index in [2.05, 4.69) is 10.5 Å². The van der Waals surface area contributed by atoms with Crippen molar-refractivity contribution in [3.63, 3.8) is 0 Å². The van der Waals surface area contributed by atoms with Gasteiger partial charge >= 0.3 is 0 Å². The zero-order valence-electron chi connectivity index (χ0n) is 16.1. The summed E-state index contributed by atoms with van der Waals surface area (Å²) in [7, 11) is 1.52. The first kappa shape index (κ1) is 20.5. The van der Waals surface area contributed by atoms with Crippen LogP contribution >= 0.6 is 0 Å². The van der Waals surface area contributed by atoms with Crippen molar-refractivity contribution >= 4 is 17.8 Å². The molecule has 0 heterocycles. The lowest BCUT2D eigenvalue weighted by molar-refractivity contribution is -0.384. The van der Waals surface area contributed by atoms with Gasteiger partial charge in [-0.3, -0.25) is 14.9 Å². The van der Waals surface area contributed by atoms with E-state index in [1.54, 1.807) is 54.6 Å². The van der Waals surface area contributed by atoms with Gasteiger partial charge in [-0.05, 0) is 53.6 Å². The number of amides is 1. The van der Waals surface area contributed by atoms with Crippen LogP contribution in [-0.4, -0.2) is 24.2 Å². The lowest BCUT2D eigenvalue weighted by atomic mass is 10.2. The number of nitrogens with zero attached hydrogens (tertiary/aromatic N) is 2. The Morgan fingerprint density at radius 1 is 1.07 bits per heavy atom. The fourth-order valence-corrected chi connectivity index (χ4v) is 2.58. The van der Waals surface area contributed by atoms with E-state index < -0.39 is 4.92 Å². The summed E-state index contributed by atoms with van der Waals surface area (Å²) in [5, 5.41) is 14.7. The molecule has 0 aliphatic carbocycles. The fraction of sp³-hybridized carbons (Fsp3) is 0.0909. The molecule has 0 spiro atoms. The highest BCUT2D eigenvalue weighted by Gasteiger charge is 2.08. The predicted octanol–water partition coefficient (Wildman–Crippen LogP) is 3.95. The van der Waals surface area contributed by atoms with Crippen molar-refractivity contribution in [3.05, 3.63) is 99.6 Å². The van der Waals surface area contributed by atoms with E-state index in [9.17, 15) is 14.9 Å². The van der Waals surface area contributed by atoms with E-state index >= 15 is 0 Å².